The van der Waals surface area contributed by atoms with Crippen LogP contribution in [-0.4, -0.2) is 51.1 Å². The van der Waals surface area contributed by atoms with Crippen molar-refractivity contribution >= 4 is 17.6 Å². The molecule has 4 N–H and O–H groups in total. The number of carbonyl (C=O) groups excluding carboxylic acids is 2. The molecule has 0 fully saturated rings. The van der Waals surface area contributed by atoms with Gasteiger partial charge in [-0.2, -0.15) is 0 Å². The highest BCUT2D eigenvalue weighted by Crippen LogP contribution is 2.18. The monoisotopic (exact) mass is 280 g/mol. The van der Waals surface area contributed by atoms with E-state index >= 15 is 0 Å². The summed E-state index contributed by atoms with van der Waals surface area (Å²) in [6, 6.07) is 4.60. The summed E-state index contributed by atoms with van der Waals surface area (Å²) < 4.78 is 5.05. The highest BCUT2D eigenvalue weighted by Gasteiger charge is 2.08. The van der Waals surface area contributed by atoms with Crippen molar-refractivity contribution in [3.8, 4) is 5.75 Å². The fourth-order valence-electron chi connectivity index (χ4n) is 1.48. The van der Waals surface area contributed by atoms with Gasteiger partial charge in [-0.1, -0.05) is 0 Å². The number of carbonyl (C=O) groups is 2. The molecule has 3 amide bonds. The van der Waals surface area contributed by atoms with Gasteiger partial charge in [0.2, 0.25) is 0 Å². The quantitative estimate of drug-likeness (QED) is 0.533. The molecule has 0 saturated heterocycles. The minimum atomic E-state index is -0.269. The van der Waals surface area contributed by atoms with Crippen LogP contribution < -0.4 is 21.1 Å². The molecule has 0 bridgehead atoms. The van der Waals surface area contributed by atoms with Crippen LogP contribution in [0.5, 0.6) is 5.75 Å². The van der Waals surface area contributed by atoms with Crippen molar-refractivity contribution in [2.75, 3.05) is 40.0 Å². The van der Waals surface area contributed by atoms with Gasteiger partial charge in [-0.15, -0.1) is 0 Å². The van der Waals surface area contributed by atoms with E-state index in [1.54, 1.807) is 32.3 Å². The van der Waals surface area contributed by atoms with Crippen LogP contribution in [0.1, 0.15) is 10.4 Å². The lowest BCUT2D eigenvalue weighted by Gasteiger charge is -2.12. The Hall–Kier alpha value is -2.44. The number of methoxy groups -OCH3 is 1. The molecule has 0 aliphatic carbocycles. The molecule has 0 aliphatic heterocycles. The van der Waals surface area contributed by atoms with E-state index in [9.17, 15) is 9.59 Å². The van der Waals surface area contributed by atoms with Crippen molar-refractivity contribution in [2.24, 2.45) is 0 Å². The number of benzene rings is 1. The summed E-state index contributed by atoms with van der Waals surface area (Å²) >= 11 is 0. The standard InChI is InChI=1S/C13H20N4O3/c1-17(2)13(19)16-5-4-15-12(18)9-6-10(14)8-11(7-9)20-3/h6-8H,4-5,14H2,1-3H3,(H,15,18)(H,16,19). The Morgan fingerprint density at radius 1 is 1.20 bits per heavy atom. The lowest BCUT2D eigenvalue weighted by molar-refractivity contribution is 0.0953. The van der Waals surface area contributed by atoms with Gasteiger partial charge < -0.3 is 26.0 Å². The molecule has 110 valence electrons. The number of nitrogens with two attached hydrogens (primary N) is 1. The number of nitrogens with zero attached hydrogens (tertiary/aromatic N) is 1. The molecule has 1 aromatic carbocycles. The molecule has 7 nitrogen and oxygen atoms in total. The number of hydrogen-bond acceptors (Lipinski definition) is 4. The van der Waals surface area contributed by atoms with Crippen LogP contribution in [0.3, 0.4) is 0 Å². The second-order valence-corrected chi connectivity index (χ2v) is 4.38. The van der Waals surface area contributed by atoms with E-state index in [0.717, 1.165) is 0 Å². The number of ether oxygens (including phenoxy) is 1. The first-order valence-corrected chi connectivity index (χ1v) is 6.12. The summed E-state index contributed by atoms with van der Waals surface area (Å²) in [6.07, 6.45) is 0. The zero-order valence-corrected chi connectivity index (χ0v) is 11.9. The summed E-state index contributed by atoms with van der Waals surface area (Å²) in [5.41, 5.74) is 6.55. The van der Waals surface area contributed by atoms with Gasteiger partial charge >= 0.3 is 6.03 Å². The number of anilines is 1. The summed E-state index contributed by atoms with van der Waals surface area (Å²) in [5.74, 6) is 0.255. The van der Waals surface area contributed by atoms with Crippen molar-refractivity contribution in [2.45, 2.75) is 0 Å². The van der Waals surface area contributed by atoms with E-state index in [4.69, 9.17) is 10.5 Å². The Kier molecular flexibility index (Phi) is 5.64. The number of amides is 3. The van der Waals surface area contributed by atoms with E-state index in [0.29, 0.717) is 30.1 Å². The zero-order valence-electron chi connectivity index (χ0n) is 11.9. The molecule has 1 rings (SSSR count). The molecule has 0 radical (unpaired) electrons. The Bertz CT molecular complexity index is 489. The third-order valence-electron chi connectivity index (χ3n) is 2.52. The van der Waals surface area contributed by atoms with Crippen LogP contribution in [0, 0.1) is 0 Å². The lowest BCUT2D eigenvalue weighted by Crippen LogP contribution is -2.39. The first-order chi connectivity index (χ1) is 9.43. The van der Waals surface area contributed by atoms with Gasteiger partial charge in [-0.25, -0.2) is 4.79 Å². The Morgan fingerprint density at radius 2 is 1.85 bits per heavy atom. The van der Waals surface area contributed by atoms with Gasteiger partial charge in [-0.05, 0) is 12.1 Å². The molecule has 1 aromatic rings. The molecular weight excluding hydrogens is 260 g/mol. The third-order valence-corrected chi connectivity index (χ3v) is 2.52. The van der Waals surface area contributed by atoms with Crippen LogP contribution >= 0.6 is 0 Å². The summed E-state index contributed by atoms with van der Waals surface area (Å²) in [7, 11) is 4.80. The molecule has 0 spiro atoms. The van der Waals surface area contributed by atoms with Gasteiger partial charge in [0.25, 0.3) is 5.91 Å². The van der Waals surface area contributed by atoms with E-state index < -0.39 is 0 Å². The van der Waals surface area contributed by atoms with E-state index in [2.05, 4.69) is 10.6 Å². The Balaban J connectivity index is 2.47. The molecular formula is C13H20N4O3. The van der Waals surface area contributed by atoms with Gasteiger partial charge in [0.1, 0.15) is 5.75 Å². The third kappa shape index (κ3) is 4.68. The molecule has 7 heteroatoms. The molecule has 0 aromatic heterocycles. The topological polar surface area (TPSA) is 96.7 Å². The number of rotatable bonds is 5. The van der Waals surface area contributed by atoms with E-state index in [1.807, 2.05) is 0 Å². The molecule has 0 aliphatic rings. The van der Waals surface area contributed by atoms with E-state index in [1.165, 1.54) is 12.0 Å². The zero-order chi connectivity index (χ0) is 15.1. The highest BCUT2D eigenvalue weighted by molar-refractivity contribution is 5.95. The van der Waals surface area contributed by atoms with Crippen molar-refractivity contribution in [3.63, 3.8) is 0 Å². The summed E-state index contributed by atoms with van der Waals surface area (Å²) in [6.45, 7) is 0.678. The van der Waals surface area contributed by atoms with Gasteiger partial charge in [-0.3, -0.25) is 4.79 Å². The first kappa shape index (κ1) is 15.6. The average molecular weight is 280 g/mol. The first-order valence-electron chi connectivity index (χ1n) is 6.12. The SMILES string of the molecule is COc1cc(N)cc(C(=O)NCCNC(=O)N(C)C)c1. The average Bonchev–Trinajstić information content (AvgIpc) is 2.42. The Morgan fingerprint density at radius 3 is 2.45 bits per heavy atom. The molecule has 0 unspecified atom stereocenters. The van der Waals surface area contributed by atoms with Crippen molar-refractivity contribution in [1.82, 2.24) is 15.5 Å². The normalized spacial score (nSPS) is 9.75. The number of nitrogens with one attached hydrogen (secondary N) is 2. The maximum absolute atomic E-state index is 11.9. The van der Waals surface area contributed by atoms with Gasteiger partial charge in [0.05, 0.1) is 7.11 Å². The summed E-state index contributed by atoms with van der Waals surface area (Å²) in [5, 5.41) is 5.33. The van der Waals surface area contributed by atoms with Crippen molar-refractivity contribution in [1.29, 1.82) is 0 Å². The fourth-order valence-corrected chi connectivity index (χ4v) is 1.48. The van der Waals surface area contributed by atoms with Crippen LogP contribution in [0.15, 0.2) is 18.2 Å². The fraction of sp³-hybridized carbons (Fsp3) is 0.385. The molecule has 0 heterocycles. The maximum atomic E-state index is 11.9. The maximum Gasteiger partial charge on any atom is 0.316 e. The minimum Gasteiger partial charge on any atom is -0.497 e. The highest BCUT2D eigenvalue weighted by atomic mass is 16.5. The number of hydrogen-bond donors (Lipinski definition) is 3. The number of nitrogen functional groups attached to an aromatic ring is 1. The largest absolute Gasteiger partial charge is 0.497 e. The number of urea groups is 1. The predicted molar refractivity (Wildman–Crippen MR) is 76.8 cm³/mol. The van der Waals surface area contributed by atoms with Gasteiger partial charge in [0, 0.05) is 44.5 Å². The Labute approximate surface area is 118 Å². The van der Waals surface area contributed by atoms with Crippen LogP contribution in [0.4, 0.5) is 10.5 Å². The second kappa shape index (κ2) is 7.22. The van der Waals surface area contributed by atoms with Crippen molar-refractivity contribution in [3.05, 3.63) is 23.8 Å². The molecule has 20 heavy (non-hydrogen) atoms. The summed E-state index contributed by atoms with van der Waals surface area (Å²) in [4.78, 5) is 24.6. The van der Waals surface area contributed by atoms with E-state index in [-0.39, 0.29) is 11.9 Å². The molecule has 0 atom stereocenters. The second-order valence-electron chi connectivity index (χ2n) is 4.38. The van der Waals surface area contributed by atoms with Gasteiger partial charge in [0.15, 0.2) is 0 Å². The predicted octanol–water partition coefficient (Wildman–Crippen LogP) is 0.278. The van der Waals surface area contributed by atoms with Crippen LogP contribution in [-0.2, 0) is 0 Å². The van der Waals surface area contributed by atoms with Crippen molar-refractivity contribution < 1.29 is 14.3 Å². The lowest BCUT2D eigenvalue weighted by atomic mass is 10.2. The smallest absolute Gasteiger partial charge is 0.316 e. The molecule has 0 saturated carbocycles. The minimum absolute atomic E-state index is 0.204. The van der Waals surface area contributed by atoms with Crippen LogP contribution in [0.25, 0.3) is 0 Å². The van der Waals surface area contributed by atoms with Crippen LogP contribution in [0.2, 0.25) is 0 Å².